The first-order valence-electron chi connectivity index (χ1n) is 7.91. The molecule has 1 aliphatic rings. The lowest BCUT2D eigenvalue weighted by Gasteiger charge is -2.35. The van der Waals surface area contributed by atoms with Crippen LogP contribution >= 0.6 is 0 Å². The van der Waals surface area contributed by atoms with Crippen molar-refractivity contribution >= 4 is 12.1 Å². The third kappa shape index (κ3) is 4.29. The monoisotopic (exact) mass is 311 g/mol. The fourth-order valence-corrected chi connectivity index (χ4v) is 2.68. The molecule has 1 aromatic carbocycles. The van der Waals surface area contributed by atoms with E-state index in [1.54, 1.807) is 12.1 Å². The average Bonchev–Trinajstić information content (AvgIpc) is 2.64. The first kappa shape index (κ1) is 15.5. The Morgan fingerprint density at radius 2 is 1.83 bits per heavy atom. The number of anilines is 1. The zero-order chi connectivity index (χ0) is 15.9. The van der Waals surface area contributed by atoms with Crippen LogP contribution in [0.5, 0.6) is 5.75 Å². The van der Waals surface area contributed by atoms with E-state index < -0.39 is 0 Å². The first-order chi connectivity index (χ1) is 11.3. The first-order valence-corrected chi connectivity index (χ1v) is 7.91. The number of nitrogens with zero attached hydrogens (tertiary/aromatic N) is 3. The fourth-order valence-electron chi connectivity index (χ4n) is 2.68. The molecule has 1 fully saturated rings. The second-order valence-electron chi connectivity index (χ2n) is 5.55. The molecule has 2 heterocycles. The number of piperazine rings is 1. The van der Waals surface area contributed by atoms with Gasteiger partial charge in [0.25, 0.3) is 0 Å². The molecule has 1 saturated heterocycles. The van der Waals surface area contributed by atoms with Gasteiger partial charge in [0, 0.05) is 44.5 Å². The van der Waals surface area contributed by atoms with Crippen molar-refractivity contribution in [3.05, 3.63) is 54.2 Å². The Morgan fingerprint density at radius 3 is 2.48 bits per heavy atom. The maximum absolute atomic E-state index is 10.6. The van der Waals surface area contributed by atoms with Gasteiger partial charge < -0.3 is 9.64 Å². The zero-order valence-electron chi connectivity index (χ0n) is 13.1. The summed E-state index contributed by atoms with van der Waals surface area (Å²) in [6, 6.07) is 13.2. The molecule has 0 amide bonds. The Labute approximate surface area is 136 Å². The number of aldehydes is 1. The van der Waals surface area contributed by atoms with Gasteiger partial charge in [0.05, 0.1) is 0 Å². The predicted molar refractivity (Wildman–Crippen MR) is 90.2 cm³/mol. The van der Waals surface area contributed by atoms with Crippen molar-refractivity contribution in [1.82, 2.24) is 9.88 Å². The summed E-state index contributed by atoms with van der Waals surface area (Å²) in [6.45, 7) is 5.58. The lowest BCUT2D eigenvalue weighted by Crippen LogP contribution is -2.47. The molecule has 1 aliphatic heterocycles. The lowest BCUT2D eigenvalue weighted by molar-refractivity contribution is 0.112. The summed E-state index contributed by atoms with van der Waals surface area (Å²) in [4.78, 5) is 19.7. The van der Waals surface area contributed by atoms with Gasteiger partial charge in [0.2, 0.25) is 0 Å². The van der Waals surface area contributed by atoms with Crippen LogP contribution in [-0.2, 0) is 0 Å². The van der Waals surface area contributed by atoms with Gasteiger partial charge in [-0.25, -0.2) is 4.98 Å². The van der Waals surface area contributed by atoms with Crippen LogP contribution in [0.4, 0.5) is 5.82 Å². The molecule has 0 radical (unpaired) electrons. The highest BCUT2D eigenvalue weighted by atomic mass is 16.5. The van der Waals surface area contributed by atoms with Crippen molar-refractivity contribution in [2.24, 2.45) is 0 Å². The van der Waals surface area contributed by atoms with Crippen LogP contribution in [0.15, 0.2) is 48.7 Å². The molecule has 0 aliphatic carbocycles. The van der Waals surface area contributed by atoms with Gasteiger partial charge in [-0.3, -0.25) is 9.69 Å². The van der Waals surface area contributed by atoms with E-state index in [1.807, 2.05) is 30.5 Å². The van der Waals surface area contributed by atoms with Crippen molar-refractivity contribution in [3.63, 3.8) is 0 Å². The third-order valence-corrected chi connectivity index (χ3v) is 4.04. The molecule has 5 heteroatoms. The minimum absolute atomic E-state index is 0.657. The summed E-state index contributed by atoms with van der Waals surface area (Å²) >= 11 is 0. The molecule has 0 atom stereocenters. The van der Waals surface area contributed by atoms with Crippen LogP contribution in [-0.4, -0.2) is 55.5 Å². The van der Waals surface area contributed by atoms with Crippen LogP contribution in [0, 0.1) is 0 Å². The van der Waals surface area contributed by atoms with Crippen molar-refractivity contribution in [3.8, 4) is 5.75 Å². The Morgan fingerprint density at radius 1 is 1.04 bits per heavy atom. The smallest absolute Gasteiger partial charge is 0.150 e. The molecular formula is C18H21N3O2. The summed E-state index contributed by atoms with van der Waals surface area (Å²) < 4.78 is 5.74. The number of pyridine rings is 1. The van der Waals surface area contributed by atoms with E-state index in [0.29, 0.717) is 12.2 Å². The number of hydrogen-bond donors (Lipinski definition) is 0. The van der Waals surface area contributed by atoms with Crippen LogP contribution < -0.4 is 9.64 Å². The van der Waals surface area contributed by atoms with E-state index in [0.717, 1.165) is 50.6 Å². The summed E-state index contributed by atoms with van der Waals surface area (Å²) in [6.07, 6.45) is 2.68. The number of carbonyl (C=O) groups is 1. The average molecular weight is 311 g/mol. The maximum atomic E-state index is 10.6. The molecule has 0 spiro atoms. The second-order valence-corrected chi connectivity index (χ2v) is 5.55. The van der Waals surface area contributed by atoms with Crippen LogP contribution in [0.25, 0.3) is 0 Å². The summed E-state index contributed by atoms with van der Waals surface area (Å²) in [5.74, 6) is 1.86. The SMILES string of the molecule is O=Cc1ccc(OCCN2CCN(c3ccccn3)CC2)cc1. The minimum Gasteiger partial charge on any atom is -0.492 e. The predicted octanol–water partition coefficient (Wildman–Crippen LogP) is 2.10. The molecule has 0 unspecified atom stereocenters. The Bertz CT molecular complexity index is 608. The Balaban J connectivity index is 1.40. The number of aromatic nitrogens is 1. The molecule has 0 saturated carbocycles. The Hall–Kier alpha value is -2.40. The molecular weight excluding hydrogens is 290 g/mol. The topological polar surface area (TPSA) is 45.7 Å². The van der Waals surface area contributed by atoms with Gasteiger partial charge in [-0.1, -0.05) is 6.07 Å². The number of ether oxygens (including phenoxy) is 1. The molecule has 1 aromatic heterocycles. The molecule has 3 rings (SSSR count). The standard InChI is InChI=1S/C18H21N3O2/c22-15-16-4-6-17(7-5-16)23-14-13-20-9-11-21(12-10-20)18-3-1-2-8-19-18/h1-8,15H,9-14H2. The lowest BCUT2D eigenvalue weighted by atomic mass is 10.2. The fraction of sp³-hybridized carbons (Fsp3) is 0.333. The number of benzene rings is 1. The second kappa shape index (κ2) is 7.74. The van der Waals surface area contributed by atoms with E-state index in [1.165, 1.54) is 0 Å². The largest absolute Gasteiger partial charge is 0.492 e. The number of hydrogen-bond acceptors (Lipinski definition) is 5. The number of rotatable bonds is 6. The molecule has 2 aromatic rings. The van der Waals surface area contributed by atoms with Gasteiger partial charge in [0.1, 0.15) is 24.5 Å². The van der Waals surface area contributed by atoms with E-state index in [-0.39, 0.29) is 0 Å². The van der Waals surface area contributed by atoms with Crippen molar-refractivity contribution in [2.75, 3.05) is 44.2 Å². The molecule has 0 bridgehead atoms. The van der Waals surface area contributed by atoms with Crippen molar-refractivity contribution in [1.29, 1.82) is 0 Å². The van der Waals surface area contributed by atoms with E-state index in [2.05, 4.69) is 20.9 Å². The number of carbonyl (C=O) groups excluding carboxylic acids is 1. The van der Waals surface area contributed by atoms with Crippen LogP contribution in [0.2, 0.25) is 0 Å². The van der Waals surface area contributed by atoms with Gasteiger partial charge in [-0.15, -0.1) is 0 Å². The highest BCUT2D eigenvalue weighted by Crippen LogP contribution is 2.13. The quantitative estimate of drug-likeness (QED) is 0.765. The molecule has 5 nitrogen and oxygen atoms in total. The normalized spacial score (nSPS) is 15.4. The van der Waals surface area contributed by atoms with Gasteiger partial charge in [0.15, 0.2) is 0 Å². The minimum atomic E-state index is 0.657. The highest BCUT2D eigenvalue weighted by Gasteiger charge is 2.17. The van der Waals surface area contributed by atoms with Gasteiger partial charge >= 0.3 is 0 Å². The highest BCUT2D eigenvalue weighted by molar-refractivity contribution is 5.74. The molecule has 120 valence electrons. The summed E-state index contributed by atoms with van der Waals surface area (Å²) in [5.41, 5.74) is 0.669. The third-order valence-electron chi connectivity index (χ3n) is 4.04. The van der Waals surface area contributed by atoms with Gasteiger partial charge in [-0.05, 0) is 36.4 Å². The van der Waals surface area contributed by atoms with E-state index in [9.17, 15) is 4.79 Å². The van der Waals surface area contributed by atoms with Crippen molar-refractivity contribution < 1.29 is 9.53 Å². The molecule has 23 heavy (non-hydrogen) atoms. The zero-order valence-corrected chi connectivity index (χ0v) is 13.1. The summed E-state index contributed by atoms with van der Waals surface area (Å²) in [7, 11) is 0. The van der Waals surface area contributed by atoms with Crippen LogP contribution in [0.1, 0.15) is 10.4 Å². The van der Waals surface area contributed by atoms with Crippen molar-refractivity contribution in [2.45, 2.75) is 0 Å². The Kier molecular flexibility index (Phi) is 5.21. The summed E-state index contributed by atoms with van der Waals surface area (Å²) in [5, 5.41) is 0. The van der Waals surface area contributed by atoms with Crippen LogP contribution in [0.3, 0.4) is 0 Å². The van der Waals surface area contributed by atoms with E-state index >= 15 is 0 Å². The van der Waals surface area contributed by atoms with Gasteiger partial charge in [-0.2, -0.15) is 0 Å². The maximum Gasteiger partial charge on any atom is 0.150 e. The van der Waals surface area contributed by atoms with E-state index in [4.69, 9.17) is 4.74 Å². The molecule has 0 N–H and O–H groups in total.